The van der Waals surface area contributed by atoms with Gasteiger partial charge in [0.1, 0.15) is 0 Å². The third-order valence-corrected chi connectivity index (χ3v) is 2.53. The maximum Gasteiger partial charge on any atom is 0.335 e. The van der Waals surface area contributed by atoms with Gasteiger partial charge in [0.2, 0.25) is 0 Å². The summed E-state index contributed by atoms with van der Waals surface area (Å²) in [5.74, 6) is -2.99. The molecule has 1 aromatic rings. The summed E-state index contributed by atoms with van der Waals surface area (Å²) >= 11 is 0. The summed E-state index contributed by atoms with van der Waals surface area (Å²) in [6, 6.07) is 2.13. The van der Waals surface area contributed by atoms with E-state index < -0.39 is 38.1 Å². The molecule has 0 saturated heterocycles. The Morgan fingerprint density at radius 1 is 0.941 bits per heavy atom. The molecule has 0 unspecified atom stereocenters. The molecule has 7 nitrogen and oxygen atoms in total. The molecule has 17 heavy (non-hydrogen) atoms. The smallest absolute Gasteiger partial charge is 0.335 e. The minimum absolute atomic E-state index is 0. The predicted octanol–water partition coefficient (Wildman–Crippen LogP) is 0.327. The molecule has 1 aromatic carbocycles. The zero-order chi connectivity index (χ0) is 12.5. The Morgan fingerprint density at radius 3 is 1.53 bits per heavy atom. The van der Waals surface area contributed by atoms with Crippen LogP contribution >= 0.6 is 0 Å². The molecular formula is C8H6O7SZn. The SMILES string of the molecule is O=C(O)c1cc(C(=O)O)cc(S(=O)(=O)O)c1.[Zn]. The Bertz CT molecular complexity index is 531. The van der Waals surface area contributed by atoms with Gasteiger partial charge in [-0.2, -0.15) is 8.42 Å². The topological polar surface area (TPSA) is 129 Å². The van der Waals surface area contributed by atoms with E-state index in [9.17, 15) is 18.0 Å². The molecule has 0 amide bonds. The van der Waals surface area contributed by atoms with Gasteiger partial charge in [-0.15, -0.1) is 0 Å². The van der Waals surface area contributed by atoms with E-state index in [-0.39, 0.29) is 19.5 Å². The van der Waals surface area contributed by atoms with Gasteiger partial charge in [0, 0.05) is 19.5 Å². The zero-order valence-corrected chi connectivity index (χ0v) is 12.1. The molecule has 0 aliphatic rings. The molecule has 0 fully saturated rings. The van der Waals surface area contributed by atoms with E-state index in [1.54, 1.807) is 0 Å². The number of hydrogen-bond acceptors (Lipinski definition) is 4. The van der Waals surface area contributed by atoms with Crippen LogP contribution in [0.25, 0.3) is 0 Å². The van der Waals surface area contributed by atoms with Crippen LogP contribution in [0, 0.1) is 0 Å². The second-order valence-corrected chi connectivity index (χ2v) is 4.25. The molecule has 1 rings (SSSR count). The molecule has 0 saturated carbocycles. The fraction of sp³-hybridized carbons (Fsp3) is 0. The summed E-state index contributed by atoms with van der Waals surface area (Å²) in [7, 11) is -4.64. The van der Waals surface area contributed by atoms with E-state index in [2.05, 4.69) is 0 Å². The number of carboxylic acids is 2. The quantitative estimate of drug-likeness (QED) is 0.541. The number of carbonyl (C=O) groups is 2. The number of benzene rings is 1. The van der Waals surface area contributed by atoms with E-state index in [1.807, 2.05) is 0 Å². The molecule has 0 spiro atoms. The van der Waals surface area contributed by atoms with Crippen molar-refractivity contribution in [3.05, 3.63) is 29.3 Å². The fourth-order valence-corrected chi connectivity index (χ4v) is 1.55. The Kier molecular flexibility index (Phi) is 4.94. The van der Waals surface area contributed by atoms with Gasteiger partial charge in [-0.25, -0.2) is 9.59 Å². The number of carboxylic acid groups (broad SMARTS) is 2. The maximum atomic E-state index is 10.8. The van der Waals surface area contributed by atoms with Crippen LogP contribution < -0.4 is 0 Å². The third kappa shape index (κ3) is 3.88. The van der Waals surface area contributed by atoms with Crippen LogP contribution in [0.15, 0.2) is 23.1 Å². The third-order valence-electron chi connectivity index (χ3n) is 1.70. The molecule has 0 aliphatic carbocycles. The largest absolute Gasteiger partial charge is 0.478 e. The molecular weight excluding hydrogens is 306 g/mol. The molecule has 0 radical (unpaired) electrons. The Hall–Kier alpha value is -1.31. The van der Waals surface area contributed by atoms with Gasteiger partial charge in [-0.05, 0) is 18.2 Å². The normalized spacial score (nSPS) is 10.4. The van der Waals surface area contributed by atoms with Crippen molar-refractivity contribution in [2.75, 3.05) is 0 Å². The van der Waals surface area contributed by atoms with E-state index in [1.165, 1.54) is 0 Å². The number of aromatic carboxylic acids is 2. The Labute approximate surface area is 109 Å². The summed E-state index contributed by atoms with van der Waals surface area (Å²) < 4.78 is 30.2. The molecule has 88 valence electrons. The van der Waals surface area contributed by atoms with Crippen LogP contribution in [-0.2, 0) is 29.6 Å². The minimum Gasteiger partial charge on any atom is -0.478 e. The summed E-state index contributed by atoms with van der Waals surface area (Å²) in [6.45, 7) is 0. The van der Waals surface area contributed by atoms with E-state index in [0.29, 0.717) is 12.1 Å². The number of rotatable bonds is 3. The van der Waals surface area contributed by atoms with Gasteiger partial charge in [-0.3, -0.25) is 4.55 Å². The first-order chi connectivity index (χ1) is 7.21. The molecule has 0 aliphatic heterocycles. The van der Waals surface area contributed by atoms with Gasteiger partial charge < -0.3 is 10.2 Å². The second kappa shape index (κ2) is 5.35. The second-order valence-electron chi connectivity index (χ2n) is 2.83. The first-order valence-electron chi connectivity index (χ1n) is 3.81. The van der Waals surface area contributed by atoms with Gasteiger partial charge in [0.05, 0.1) is 16.0 Å². The van der Waals surface area contributed by atoms with Gasteiger partial charge in [-0.1, -0.05) is 0 Å². The number of hydrogen-bond donors (Lipinski definition) is 3. The van der Waals surface area contributed by atoms with E-state index >= 15 is 0 Å². The van der Waals surface area contributed by atoms with Crippen molar-refractivity contribution in [2.24, 2.45) is 0 Å². The van der Waals surface area contributed by atoms with Crippen molar-refractivity contribution in [2.45, 2.75) is 4.90 Å². The van der Waals surface area contributed by atoms with Gasteiger partial charge in [0.15, 0.2) is 0 Å². The predicted molar refractivity (Wildman–Crippen MR) is 50.2 cm³/mol. The summed E-state index contributed by atoms with van der Waals surface area (Å²) in [4.78, 5) is 20.4. The minimum atomic E-state index is -4.64. The molecule has 0 heterocycles. The van der Waals surface area contributed by atoms with Crippen molar-refractivity contribution in [1.82, 2.24) is 0 Å². The molecule has 3 N–H and O–H groups in total. The standard InChI is InChI=1S/C8H6O7S.Zn/c9-7(10)4-1-5(8(11)12)3-6(2-4)16(13,14)15;/h1-3H,(H,9,10)(H,11,12)(H,13,14,15);. The molecule has 0 aromatic heterocycles. The van der Waals surface area contributed by atoms with E-state index in [0.717, 1.165) is 6.07 Å². The average Bonchev–Trinajstić information content (AvgIpc) is 2.15. The van der Waals surface area contributed by atoms with Crippen molar-refractivity contribution < 1.29 is 52.3 Å². The van der Waals surface area contributed by atoms with Gasteiger partial charge in [0.25, 0.3) is 10.1 Å². The summed E-state index contributed by atoms with van der Waals surface area (Å²) in [6.07, 6.45) is 0. The van der Waals surface area contributed by atoms with Crippen LogP contribution in [0.4, 0.5) is 0 Å². The summed E-state index contributed by atoms with van der Waals surface area (Å²) in [5.41, 5.74) is -1.07. The fourth-order valence-electron chi connectivity index (χ4n) is 0.995. The van der Waals surface area contributed by atoms with Crippen LogP contribution in [0.1, 0.15) is 20.7 Å². The van der Waals surface area contributed by atoms with Crippen molar-refractivity contribution in [3.8, 4) is 0 Å². The van der Waals surface area contributed by atoms with Crippen molar-refractivity contribution >= 4 is 22.1 Å². The van der Waals surface area contributed by atoms with Crippen LogP contribution in [0.3, 0.4) is 0 Å². The zero-order valence-electron chi connectivity index (χ0n) is 8.32. The first-order valence-corrected chi connectivity index (χ1v) is 5.25. The molecule has 0 atom stereocenters. The van der Waals surface area contributed by atoms with Gasteiger partial charge >= 0.3 is 11.9 Å². The van der Waals surface area contributed by atoms with Crippen molar-refractivity contribution in [3.63, 3.8) is 0 Å². The van der Waals surface area contributed by atoms with Crippen LogP contribution in [-0.4, -0.2) is 35.1 Å². The maximum absolute atomic E-state index is 10.8. The average molecular weight is 312 g/mol. The van der Waals surface area contributed by atoms with E-state index in [4.69, 9.17) is 14.8 Å². The first kappa shape index (κ1) is 15.7. The Balaban J connectivity index is 0.00000256. The van der Waals surface area contributed by atoms with Crippen molar-refractivity contribution in [1.29, 1.82) is 0 Å². The molecule has 9 heteroatoms. The Morgan fingerprint density at radius 2 is 1.29 bits per heavy atom. The molecule has 0 bridgehead atoms. The monoisotopic (exact) mass is 310 g/mol. The van der Waals surface area contributed by atoms with Crippen LogP contribution in [0.5, 0.6) is 0 Å². The van der Waals surface area contributed by atoms with Crippen LogP contribution in [0.2, 0.25) is 0 Å². The summed E-state index contributed by atoms with van der Waals surface area (Å²) in [5, 5.41) is 17.2.